The van der Waals surface area contributed by atoms with Gasteiger partial charge in [0.15, 0.2) is 0 Å². The molecule has 0 saturated heterocycles. The maximum Gasteiger partial charge on any atom is 0.272 e. The summed E-state index contributed by atoms with van der Waals surface area (Å²) in [5, 5.41) is 7.40. The molecule has 2 N–H and O–H groups in total. The van der Waals surface area contributed by atoms with Crippen LogP contribution in [0.4, 0.5) is 0 Å². The van der Waals surface area contributed by atoms with E-state index in [0.717, 1.165) is 10.4 Å². The maximum atomic E-state index is 12.9. The van der Waals surface area contributed by atoms with E-state index in [9.17, 15) is 9.59 Å². The van der Waals surface area contributed by atoms with Crippen molar-refractivity contribution in [2.45, 2.75) is 77.8 Å². The molecule has 0 aliphatic heterocycles. The van der Waals surface area contributed by atoms with Crippen molar-refractivity contribution in [2.24, 2.45) is 0 Å². The first-order valence-corrected chi connectivity index (χ1v) is 18.2. The van der Waals surface area contributed by atoms with Crippen LogP contribution in [0.3, 0.4) is 0 Å². The fraction of sp³-hybridized carbons (Fsp3) is 0.484. The van der Waals surface area contributed by atoms with Crippen LogP contribution >= 0.6 is 69.6 Å². The number of methoxy groups -OCH3 is 1. The molecule has 0 aliphatic carbocycles. The normalized spacial score (nSPS) is 15.8. The molecule has 13 heteroatoms. The minimum Gasteiger partial charge on any atom is -0.404 e. The molecule has 6 nitrogen and oxygen atoms in total. The fourth-order valence-corrected chi connectivity index (χ4v) is 10.2. The minimum atomic E-state index is -2.87. The second-order valence-electron chi connectivity index (χ2n) is 11.6. The highest BCUT2D eigenvalue weighted by Crippen LogP contribution is 2.37. The Morgan fingerprint density at radius 1 is 0.818 bits per heavy atom. The van der Waals surface area contributed by atoms with Gasteiger partial charge in [-0.3, -0.25) is 9.59 Å². The van der Waals surface area contributed by atoms with Gasteiger partial charge in [0.25, 0.3) is 27.7 Å². The second-order valence-corrected chi connectivity index (χ2v) is 20.5. The lowest BCUT2D eigenvalue weighted by atomic mass is 9.85. The van der Waals surface area contributed by atoms with Gasteiger partial charge in [0, 0.05) is 7.11 Å². The Kier molecular flexibility index (Phi) is 14.4. The van der Waals surface area contributed by atoms with E-state index in [2.05, 4.69) is 55.7 Å². The average molecular weight is 745 g/mol. The molecular weight excluding hydrogens is 705 g/mol. The van der Waals surface area contributed by atoms with Gasteiger partial charge in [0.2, 0.25) is 0 Å². The number of halogens is 6. The van der Waals surface area contributed by atoms with Gasteiger partial charge in [-0.2, -0.15) is 0 Å². The molecule has 0 bridgehead atoms. The van der Waals surface area contributed by atoms with Crippen molar-refractivity contribution in [3.63, 3.8) is 0 Å². The van der Waals surface area contributed by atoms with E-state index in [1.165, 1.54) is 7.11 Å². The van der Waals surface area contributed by atoms with E-state index in [1.807, 2.05) is 43.3 Å². The molecule has 3 atom stereocenters. The molecule has 2 rings (SSSR count). The molecular formula is C31H40Cl6N2O4Si. The van der Waals surface area contributed by atoms with Gasteiger partial charge in [-0.1, -0.05) is 177 Å². The highest BCUT2D eigenvalue weighted by Gasteiger charge is 2.50. The average Bonchev–Trinajstić information content (AvgIpc) is 2.94. The topological polar surface area (TPSA) is 76.7 Å². The molecule has 0 heterocycles. The van der Waals surface area contributed by atoms with E-state index >= 15 is 0 Å². The predicted octanol–water partition coefficient (Wildman–Crippen LogP) is 7.03. The van der Waals surface area contributed by atoms with E-state index in [0.29, 0.717) is 12.8 Å². The number of nitrogens with one attached hydrogen (secondary N) is 2. The van der Waals surface area contributed by atoms with Gasteiger partial charge in [0.1, 0.15) is 0 Å². The third-order valence-corrected chi connectivity index (χ3v) is 13.5. The maximum absolute atomic E-state index is 12.9. The Balaban J connectivity index is 2.61. The van der Waals surface area contributed by atoms with Gasteiger partial charge in [-0.25, -0.2) is 0 Å². The first-order valence-electron chi connectivity index (χ1n) is 14.1. The summed E-state index contributed by atoms with van der Waals surface area (Å²) in [7, 11) is -1.37. The summed E-state index contributed by atoms with van der Waals surface area (Å²) in [6, 6.07) is 18.4. The first kappa shape index (κ1) is 39.2. The predicted molar refractivity (Wildman–Crippen MR) is 187 cm³/mol. The van der Waals surface area contributed by atoms with Crippen molar-refractivity contribution in [1.82, 2.24) is 10.6 Å². The number of carbonyl (C=O) groups is 2. The molecule has 0 aliphatic rings. The van der Waals surface area contributed by atoms with Gasteiger partial charge < -0.3 is 19.8 Å². The largest absolute Gasteiger partial charge is 0.404 e. The van der Waals surface area contributed by atoms with Crippen LogP contribution in [0.25, 0.3) is 0 Å². The number of benzene rings is 2. The molecule has 0 radical (unpaired) electrons. The third kappa shape index (κ3) is 10.00. The van der Waals surface area contributed by atoms with Crippen molar-refractivity contribution in [2.75, 3.05) is 13.7 Å². The quantitative estimate of drug-likeness (QED) is 0.131. The standard InChI is InChI=1S/C31H40Cl6N2O4Si/c1-7-20-29(5,42-6)25(39-27(41)31(35,36)37)24(38-26(40)30(32,33)34)19-14-21-43-44(28(2,3)4,22-15-10-8-11-16-22)23-17-12-9-13-18-23/h8-19,24-25H,7,20-21H2,1-6H3,(H,38,40)(H,39,41)/b19-14+/t24-,25-,29+/m1/s1. The Morgan fingerprint density at radius 3 is 1.66 bits per heavy atom. The van der Waals surface area contributed by atoms with E-state index in [4.69, 9.17) is 78.8 Å². The fourth-order valence-electron chi connectivity index (χ4n) is 5.34. The smallest absolute Gasteiger partial charge is 0.272 e. The Bertz CT molecular complexity index is 1210. The van der Waals surface area contributed by atoms with Crippen LogP contribution in [-0.4, -0.2) is 59.1 Å². The molecule has 44 heavy (non-hydrogen) atoms. The van der Waals surface area contributed by atoms with Crippen LogP contribution < -0.4 is 21.0 Å². The zero-order valence-electron chi connectivity index (χ0n) is 25.6. The van der Waals surface area contributed by atoms with Crippen LogP contribution in [0.15, 0.2) is 72.8 Å². The number of ether oxygens (including phenoxy) is 1. The van der Waals surface area contributed by atoms with Crippen LogP contribution in [0.5, 0.6) is 0 Å². The summed E-state index contributed by atoms with van der Waals surface area (Å²) < 4.78 is 8.25. The number of rotatable bonds is 13. The number of hydrogen-bond acceptors (Lipinski definition) is 4. The monoisotopic (exact) mass is 742 g/mol. The van der Waals surface area contributed by atoms with Gasteiger partial charge in [0.05, 0.1) is 24.3 Å². The number of hydrogen-bond donors (Lipinski definition) is 2. The number of carbonyl (C=O) groups excluding carboxylic acids is 2. The van der Waals surface area contributed by atoms with Gasteiger partial charge >= 0.3 is 0 Å². The first-order chi connectivity index (χ1) is 20.3. The zero-order valence-corrected chi connectivity index (χ0v) is 31.1. The van der Waals surface area contributed by atoms with Crippen LogP contribution in [-0.2, 0) is 18.8 Å². The lowest BCUT2D eigenvalue weighted by Crippen LogP contribution is -2.66. The molecule has 244 valence electrons. The zero-order chi connectivity index (χ0) is 33.4. The molecule has 0 unspecified atom stereocenters. The van der Waals surface area contributed by atoms with Crippen LogP contribution in [0, 0.1) is 0 Å². The molecule has 2 aromatic carbocycles. The van der Waals surface area contributed by atoms with Crippen molar-refractivity contribution >= 4 is 100 Å². The summed E-state index contributed by atoms with van der Waals surface area (Å²) in [5.74, 6) is -1.81. The van der Waals surface area contributed by atoms with E-state index in [1.54, 1.807) is 19.1 Å². The van der Waals surface area contributed by atoms with Crippen molar-refractivity contribution < 1.29 is 18.8 Å². The molecule has 0 fully saturated rings. The summed E-state index contributed by atoms with van der Waals surface area (Å²) >= 11 is 35.5. The molecule has 0 spiro atoms. The summed E-state index contributed by atoms with van der Waals surface area (Å²) in [6.07, 6.45) is 4.58. The van der Waals surface area contributed by atoms with E-state index in [-0.39, 0.29) is 11.6 Å². The van der Waals surface area contributed by atoms with Crippen molar-refractivity contribution in [1.29, 1.82) is 0 Å². The Hall–Kier alpha value is -1.00. The molecule has 0 saturated carbocycles. The third-order valence-electron chi connectivity index (χ3n) is 7.49. The van der Waals surface area contributed by atoms with Crippen molar-refractivity contribution in [3.8, 4) is 0 Å². The molecule has 2 aromatic rings. The van der Waals surface area contributed by atoms with E-state index < -0.39 is 45.4 Å². The van der Waals surface area contributed by atoms with Crippen molar-refractivity contribution in [3.05, 3.63) is 72.8 Å². The number of amides is 2. The Labute approximate surface area is 292 Å². The Morgan fingerprint density at radius 2 is 1.27 bits per heavy atom. The lowest BCUT2D eigenvalue weighted by molar-refractivity contribution is -0.127. The SMILES string of the molecule is CCC[C@](C)(OC)[C@H](NC(=O)C(Cl)(Cl)Cl)[C@@H](/C=C/CO[Si](c1ccccc1)(c1ccccc1)C(C)(C)C)NC(=O)C(Cl)(Cl)Cl. The number of alkyl halides is 6. The van der Waals surface area contributed by atoms with Crippen LogP contribution in [0.2, 0.25) is 5.04 Å². The lowest BCUT2D eigenvalue weighted by Gasteiger charge is -2.43. The summed E-state index contributed by atoms with van der Waals surface area (Å²) in [5.41, 5.74) is -1.03. The highest BCUT2D eigenvalue weighted by molar-refractivity contribution is 6.99. The summed E-state index contributed by atoms with van der Waals surface area (Å²) in [6.45, 7) is 10.4. The summed E-state index contributed by atoms with van der Waals surface area (Å²) in [4.78, 5) is 25.8. The highest BCUT2D eigenvalue weighted by atomic mass is 35.6. The molecule has 2 amide bonds. The second kappa shape index (κ2) is 16.2. The minimum absolute atomic E-state index is 0.163. The van der Waals surface area contributed by atoms with Gasteiger partial charge in [-0.05, 0) is 28.8 Å². The van der Waals surface area contributed by atoms with Crippen LogP contribution in [0.1, 0.15) is 47.5 Å². The molecule has 0 aromatic heterocycles. The van der Waals surface area contributed by atoms with Gasteiger partial charge in [-0.15, -0.1) is 0 Å².